The molecule has 0 aliphatic carbocycles. The van der Waals surface area contributed by atoms with Gasteiger partial charge in [-0.05, 0) is 36.2 Å². The minimum absolute atomic E-state index is 0. The quantitative estimate of drug-likeness (QED) is 0.616. The number of para-hydroxylation sites is 1. The zero-order chi connectivity index (χ0) is 21.0. The summed E-state index contributed by atoms with van der Waals surface area (Å²) in [5.41, 5.74) is 8.56. The standard InChI is InChI=1S/C23H28N4O2.ClH/c1-23(2,15-24)16-26(3)22(28)20-14-27(18-10-6-5-7-11-18)25-21(20)17-9-8-12-19(13-17)29-4;/h5-14H,15-16,24H2,1-4H3;1H. The van der Waals surface area contributed by atoms with E-state index < -0.39 is 0 Å². The number of amides is 1. The SMILES string of the molecule is COc1cccc(-c2nn(-c3ccccc3)cc2C(=O)N(C)CC(C)(C)CN)c1.Cl. The Kier molecular flexibility index (Phi) is 7.65. The van der Waals surface area contributed by atoms with Crippen molar-refractivity contribution in [2.24, 2.45) is 11.1 Å². The monoisotopic (exact) mass is 428 g/mol. The number of nitrogens with two attached hydrogens (primary N) is 1. The third-order valence-electron chi connectivity index (χ3n) is 4.87. The summed E-state index contributed by atoms with van der Waals surface area (Å²) in [5, 5.41) is 4.74. The van der Waals surface area contributed by atoms with E-state index in [4.69, 9.17) is 15.6 Å². The zero-order valence-electron chi connectivity index (χ0n) is 17.8. The van der Waals surface area contributed by atoms with E-state index in [0.717, 1.165) is 11.3 Å². The van der Waals surface area contributed by atoms with E-state index in [1.165, 1.54) is 0 Å². The van der Waals surface area contributed by atoms with Crippen molar-refractivity contribution < 1.29 is 9.53 Å². The molecular formula is C23H29ClN4O2. The second-order valence-corrected chi connectivity index (χ2v) is 7.93. The number of ether oxygens (including phenoxy) is 1. The number of hydrogen-bond donors (Lipinski definition) is 1. The van der Waals surface area contributed by atoms with Crippen molar-refractivity contribution in [1.82, 2.24) is 14.7 Å². The maximum absolute atomic E-state index is 13.3. The average Bonchev–Trinajstić information content (AvgIpc) is 3.19. The Morgan fingerprint density at radius 2 is 1.87 bits per heavy atom. The summed E-state index contributed by atoms with van der Waals surface area (Å²) in [4.78, 5) is 15.0. The summed E-state index contributed by atoms with van der Waals surface area (Å²) in [6.45, 7) is 5.15. The van der Waals surface area contributed by atoms with Crippen LogP contribution in [0.2, 0.25) is 0 Å². The van der Waals surface area contributed by atoms with E-state index in [1.54, 1.807) is 29.9 Å². The van der Waals surface area contributed by atoms with Crippen LogP contribution < -0.4 is 10.5 Å². The van der Waals surface area contributed by atoms with Gasteiger partial charge in [0.1, 0.15) is 11.4 Å². The number of carbonyl (C=O) groups excluding carboxylic acids is 1. The Bertz CT molecular complexity index is 986. The van der Waals surface area contributed by atoms with Crippen LogP contribution in [-0.4, -0.2) is 47.8 Å². The number of rotatable bonds is 7. The maximum Gasteiger partial charge on any atom is 0.257 e. The number of halogens is 1. The van der Waals surface area contributed by atoms with Crippen molar-refractivity contribution in [1.29, 1.82) is 0 Å². The van der Waals surface area contributed by atoms with Crippen molar-refractivity contribution in [2.45, 2.75) is 13.8 Å². The number of carbonyl (C=O) groups is 1. The normalized spacial score (nSPS) is 11.0. The van der Waals surface area contributed by atoms with Crippen LogP contribution in [0.3, 0.4) is 0 Å². The van der Waals surface area contributed by atoms with Crippen LogP contribution >= 0.6 is 12.4 Å². The Hall–Kier alpha value is -2.83. The van der Waals surface area contributed by atoms with Gasteiger partial charge in [-0.2, -0.15) is 5.10 Å². The number of aromatic nitrogens is 2. The predicted molar refractivity (Wildman–Crippen MR) is 123 cm³/mol. The molecule has 1 aromatic heterocycles. The van der Waals surface area contributed by atoms with Gasteiger partial charge in [-0.15, -0.1) is 12.4 Å². The summed E-state index contributed by atoms with van der Waals surface area (Å²) in [6.07, 6.45) is 1.79. The fraction of sp³-hybridized carbons (Fsp3) is 0.304. The molecule has 30 heavy (non-hydrogen) atoms. The smallest absolute Gasteiger partial charge is 0.257 e. The Balaban J connectivity index is 0.00000320. The van der Waals surface area contributed by atoms with Crippen LogP contribution in [-0.2, 0) is 0 Å². The van der Waals surface area contributed by atoms with E-state index in [-0.39, 0.29) is 23.7 Å². The predicted octanol–water partition coefficient (Wildman–Crippen LogP) is 4.03. The molecule has 1 heterocycles. The first-order chi connectivity index (χ1) is 13.8. The van der Waals surface area contributed by atoms with Gasteiger partial charge >= 0.3 is 0 Å². The Labute approximate surface area is 184 Å². The molecule has 0 saturated carbocycles. The molecule has 0 bridgehead atoms. The van der Waals surface area contributed by atoms with E-state index in [2.05, 4.69) is 0 Å². The molecule has 0 aliphatic heterocycles. The highest BCUT2D eigenvalue weighted by atomic mass is 35.5. The van der Waals surface area contributed by atoms with Crippen molar-refractivity contribution >= 4 is 18.3 Å². The lowest BCUT2D eigenvalue weighted by atomic mass is 9.93. The van der Waals surface area contributed by atoms with Gasteiger partial charge < -0.3 is 15.4 Å². The minimum atomic E-state index is -0.171. The third-order valence-corrected chi connectivity index (χ3v) is 4.87. The van der Waals surface area contributed by atoms with Gasteiger partial charge in [0.15, 0.2) is 0 Å². The van der Waals surface area contributed by atoms with E-state index in [0.29, 0.717) is 30.1 Å². The molecule has 160 valence electrons. The molecule has 6 nitrogen and oxygen atoms in total. The number of hydrogen-bond acceptors (Lipinski definition) is 4. The van der Waals surface area contributed by atoms with Crippen LogP contribution in [0.25, 0.3) is 16.9 Å². The Morgan fingerprint density at radius 1 is 1.17 bits per heavy atom. The van der Waals surface area contributed by atoms with E-state index >= 15 is 0 Å². The minimum Gasteiger partial charge on any atom is -0.497 e. The second-order valence-electron chi connectivity index (χ2n) is 7.93. The van der Waals surface area contributed by atoms with Gasteiger partial charge in [-0.1, -0.05) is 44.2 Å². The van der Waals surface area contributed by atoms with Crippen molar-refractivity contribution in [3.05, 3.63) is 66.4 Å². The second kappa shape index (κ2) is 9.78. The fourth-order valence-electron chi connectivity index (χ4n) is 3.21. The van der Waals surface area contributed by atoms with Crippen LogP contribution in [0.4, 0.5) is 0 Å². The molecule has 1 amide bonds. The topological polar surface area (TPSA) is 73.4 Å². The lowest BCUT2D eigenvalue weighted by Gasteiger charge is -2.29. The molecule has 3 rings (SSSR count). The van der Waals surface area contributed by atoms with Gasteiger partial charge in [-0.3, -0.25) is 4.79 Å². The highest BCUT2D eigenvalue weighted by Crippen LogP contribution is 2.28. The molecule has 0 aliphatic rings. The molecule has 2 N–H and O–H groups in total. The van der Waals surface area contributed by atoms with Gasteiger partial charge in [0.05, 0.1) is 18.4 Å². The zero-order valence-corrected chi connectivity index (χ0v) is 18.6. The van der Waals surface area contributed by atoms with Crippen molar-refractivity contribution in [3.63, 3.8) is 0 Å². The lowest BCUT2D eigenvalue weighted by Crippen LogP contribution is -2.39. The van der Waals surface area contributed by atoms with Gasteiger partial charge in [0.2, 0.25) is 0 Å². The van der Waals surface area contributed by atoms with Crippen LogP contribution in [0, 0.1) is 5.41 Å². The maximum atomic E-state index is 13.3. The molecule has 3 aromatic rings. The third kappa shape index (κ3) is 5.20. The Morgan fingerprint density at radius 3 is 2.50 bits per heavy atom. The van der Waals surface area contributed by atoms with Crippen molar-refractivity contribution in [2.75, 3.05) is 27.2 Å². The van der Waals surface area contributed by atoms with Crippen LogP contribution in [0.15, 0.2) is 60.8 Å². The molecule has 0 radical (unpaired) electrons. The number of benzene rings is 2. The number of nitrogens with zero attached hydrogens (tertiary/aromatic N) is 3. The van der Waals surface area contributed by atoms with Crippen LogP contribution in [0.1, 0.15) is 24.2 Å². The lowest BCUT2D eigenvalue weighted by molar-refractivity contribution is 0.0741. The van der Waals surface area contributed by atoms with Gasteiger partial charge in [0, 0.05) is 25.4 Å². The van der Waals surface area contributed by atoms with Crippen LogP contribution in [0.5, 0.6) is 5.75 Å². The molecule has 0 atom stereocenters. The highest BCUT2D eigenvalue weighted by molar-refractivity contribution is 6.00. The van der Waals surface area contributed by atoms with Gasteiger partial charge in [0.25, 0.3) is 5.91 Å². The fourth-order valence-corrected chi connectivity index (χ4v) is 3.21. The first-order valence-electron chi connectivity index (χ1n) is 9.60. The number of methoxy groups -OCH3 is 1. The summed E-state index contributed by atoms with van der Waals surface area (Å²) in [6, 6.07) is 17.3. The first kappa shape index (κ1) is 23.4. The van der Waals surface area contributed by atoms with E-state index in [9.17, 15) is 4.79 Å². The van der Waals surface area contributed by atoms with E-state index in [1.807, 2.05) is 68.4 Å². The van der Waals surface area contributed by atoms with Crippen molar-refractivity contribution in [3.8, 4) is 22.7 Å². The largest absolute Gasteiger partial charge is 0.497 e. The molecule has 0 fully saturated rings. The molecule has 7 heteroatoms. The summed E-state index contributed by atoms with van der Waals surface area (Å²) >= 11 is 0. The highest BCUT2D eigenvalue weighted by Gasteiger charge is 2.26. The molecule has 0 spiro atoms. The molecule has 0 saturated heterocycles. The molecule has 2 aromatic carbocycles. The first-order valence-corrected chi connectivity index (χ1v) is 9.60. The average molecular weight is 429 g/mol. The summed E-state index contributed by atoms with van der Waals surface area (Å²) in [7, 11) is 3.42. The van der Waals surface area contributed by atoms with Gasteiger partial charge in [-0.25, -0.2) is 4.68 Å². The molecule has 0 unspecified atom stereocenters. The molecular weight excluding hydrogens is 400 g/mol. The summed E-state index contributed by atoms with van der Waals surface area (Å²) in [5.74, 6) is 0.624. The summed E-state index contributed by atoms with van der Waals surface area (Å²) < 4.78 is 7.09.